The van der Waals surface area contributed by atoms with E-state index in [1.165, 1.54) is 13.0 Å². The molecule has 1 saturated heterocycles. The van der Waals surface area contributed by atoms with Crippen LogP contribution in [0.15, 0.2) is 0 Å². The van der Waals surface area contributed by atoms with Crippen LogP contribution in [0.25, 0.3) is 0 Å². The minimum absolute atomic E-state index is 0.348. The average Bonchev–Trinajstić information content (AvgIpc) is 2.06. The van der Waals surface area contributed by atoms with Gasteiger partial charge in [-0.25, -0.2) is 10.0 Å². The van der Waals surface area contributed by atoms with Gasteiger partial charge in [0.25, 0.3) is 0 Å². The van der Waals surface area contributed by atoms with E-state index in [4.69, 9.17) is 0 Å². The van der Waals surface area contributed by atoms with Crippen molar-refractivity contribution in [3.05, 3.63) is 0 Å². The van der Waals surface area contributed by atoms with Gasteiger partial charge in [-0.05, 0) is 46.1 Å². The van der Waals surface area contributed by atoms with Gasteiger partial charge in [0.1, 0.15) is 0 Å². The number of rotatable bonds is 1. The maximum Gasteiger partial charge on any atom is 0.0161 e. The predicted octanol–water partition coefficient (Wildman–Crippen LogP) is 2.16. The first kappa shape index (κ1) is 10.4. The van der Waals surface area contributed by atoms with Crippen molar-refractivity contribution >= 4 is 10.0 Å². The highest BCUT2D eigenvalue weighted by Crippen LogP contribution is 2.48. The van der Waals surface area contributed by atoms with Crippen LogP contribution in [0.5, 0.6) is 0 Å². The van der Waals surface area contributed by atoms with Crippen molar-refractivity contribution in [2.24, 2.45) is 0 Å². The number of hydrogen-bond donors (Lipinski definition) is 0. The van der Waals surface area contributed by atoms with Gasteiger partial charge in [0.15, 0.2) is 0 Å². The van der Waals surface area contributed by atoms with Crippen LogP contribution < -0.4 is 0 Å². The van der Waals surface area contributed by atoms with Gasteiger partial charge in [-0.1, -0.05) is 0 Å². The van der Waals surface area contributed by atoms with E-state index in [0.717, 1.165) is 5.25 Å². The largest absolute Gasteiger partial charge is 0.300 e. The Bertz CT molecular complexity index is 169. The lowest BCUT2D eigenvalue weighted by molar-refractivity contribution is 0.218. The number of hydrogen-bond acceptors (Lipinski definition) is 1. The van der Waals surface area contributed by atoms with Gasteiger partial charge < -0.3 is 4.90 Å². The monoisotopic (exact) mass is 189 g/mol. The van der Waals surface area contributed by atoms with Crippen molar-refractivity contribution in [2.75, 3.05) is 32.4 Å². The van der Waals surface area contributed by atoms with E-state index in [1.54, 1.807) is 0 Å². The molecule has 0 aliphatic carbocycles. The maximum atomic E-state index is 2.51. The zero-order valence-corrected chi connectivity index (χ0v) is 10.2. The third-order valence-electron chi connectivity index (χ3n) is 3.24. The second kappa shape index (κ2) is 2.91. The molecule has 0 radical (unpaired) electrons. The lowest BCUT2D eigenvalue weighted by Crippen LogP contribution is -2.34. The molecular formula is C10H23NS. The molecular weight excluding hydrogens is 166 g/mol. The summed E-state index contributed by atoms with van der Waals surface area (Å²) in [6.45, 7) is 6.02. The van der Waals surface area contributed by atoms with Crippen LogP contribution in [0.3, 0.4) is 0 Å². The summed E-state index contributed by atoms with van der Waals surface area (Å²) in [7, 11) is 1.91. The summed E-state index contributed by atoms with van der Waals surface area (Å²) < 4.78 is 0. The van der Waals surface area contributed by atoms with Gasteiger partial charge in [0, 0.05) is 17.3 Å². The Morgan fingerprint density at radius 1 is 1.25 bits per heavy atom. The summed E-state index contributed by atoms with van der Waals surface area (Å²) in [4.78, 5) is 2.51. The number of likely N-dealkylation sites (tertiary alicyclic amines) is 1. The van der Waals surface area contributed by atoms with Crippen LogP contribution in [0.4, 0.5) is 0 Å². The molecule has 0 saturated carbocycles. The van der Waals surface area contributed by atoms with Crippen LogP contribution in [-0.4, -0.2) is 48.0 Å². The second-order valence-electron chi connectivity index (χ2n) is 5.45. The molecule has 1 heterocycles. The van der Waals surface area contributed by atoms with Gasteiger partial charge in [-0.3, -0.25) is 0 Å². The van der Waals surface area contributed by atoms with Crippen LogP contribution in [0.1, 0.15) is 20.3 Å². The second-order valence-corrected chi connectivity index (χ2v) is 9.98. The molecule has 0 aromatic carbocycles. The van der Waals surface area contributed by atoms with Crippen LogP contribution in [0, 0.1) is 0 Å². The molecule has 74 valence electrons. The van der Waals surface area contributed by atoms with Crippen molar-refractivity contribution in [3.63, 3.8) is 0 Å². The topological polar surface area (TPSA) is 3.24 Å². The minimum Gasteiger partial charge on any atom is -0.300 e. The first-order valence-electron chi connectivity index (χ1n) is 4.62. The van der Waals surface area contributed by atoms with E-state index in [0.29, 0.717) is 5.54 Å². The summed E-state index contributed by atoms with van der Waals surface area (Å²) in [6.07, 6.45) is 8.69. The maximum absolute atomic E-state index is 2.51. The Hall–Kier alpha value is 0.310. The first-order valence-corrected chi connectivity index (χ1v) is 7.54. The Morgan fingerprint density at radius 3 is 1.92 bits per heavy atom. The van der Waals surface area contributed by atoms with Crippen molar-refractivity contribution < 1.29 is 0 Å². The Balaban J connectivity index is 2.67. The van der Waals surface area contributed by atoms with E-state index in [2.05, 4.69) is 44.6 Å². The van der Waals surface area contributed by atoms with Crippen molar-refractivity contribution in [3.8, 4) is 0 Å². The van der Waals surface area contributed by atoms with Gasteiger partial charge >= 0.3 is 0 Å². The molecule has 12 heavy (non-hydrogen) atoms. The molecule has 0 N–H and O–H groups in total. The third kappa shape index (κ3) is 1.97. The van der Waals surface area contributed by atoms with Crippen molar-refractivity contribution in [1.29, 1.82) is 0 Å². The lowest BCUT2D eigenvalue weighted by atomic mass is 10.0. The molecule has 0 aromatic rings. The minimum atomic E-state index is -0.348. The molecule has 0 aromatic heterocycles. The predicted molar refractivity (Wildman–Crippen MR) is 60.5 cm³/mol. The van der Waals surface area contributed by atoms with Crippen molar-refractivity contribution in [2.45, 2.75) is 31.1 Å². The van der Waals surface area contributed by atoms with Crippen molar-refractivity contribution in [1.82, 2.24) is 4.90 Å². The van der Waals surface area contributed by atoms with Gasteiger partial charge in [0.2, 0.25) is 0 Å². The zero-order valence-electron chi connectivity index (χ0n) is 9.35. The molecule has 0 bridgehead atoms. The third-order valence-corrected chi connectivity index (χ3v) is 5.55. The number of nitrogens with zero attached hydrogens (tertiary/aromatic N) is 1. The lowest BCUT2D eigenvalue weighted by Gasteiger charge is -2.33. The molecule has 1 unspecified atom stereocenters. The highest BCUT2D eigenvalue weighted by molar-refractivity contribution is 8.32. The van der Waals surface area contributed by atoms with E-state index in [9.17, 15) is 0 Å². The van der Waals surface area contributed by atoms with E-state index >= 15 is 0 Å². The fourth-order valence-corrected chi connectivity index (χ4v) is 3.38. The molecule has 1 aliphatic heterocycles. The Morgan fingerprint density at radius 2 is 1.75 bits per heavy atom. The summed E-state index contributed by atoms with van der Waals surface area (Å²) in [5.74, 6) is 0. The normalized spacial score (nSPS) is 32.3. The Labute approximate surface area is 78.8 Å². The summed E-state index contributed by atoms with van der Waals surface area (Å²) in [5.41, 5.74) is 0.435. The van der Waals surface area contributed by atoms with Crippen LogP contribution >= 0.6 is 10.0 Å². The molecule has 0 amide bonds. The SMILES string of the molecule is CN1CC(S(C)(C)C)CC1(C)C. The summed E-state index contributed by atoms with van der Waals surface area (Å²) >= 11 is 0. The van der Waals surface area contributed by atoms with Crippen LogP contribution in [-0.2, 0) is 0 Å². The molecule has 2 heteroatoms. The summed E-state index contributed by atoms with van der Waals surface area (Å²) in [5, 5.41) is 0.942. The quantitative estimate of drug-likeness (QED) is 0.611. The average molecular weight is 189 g/mol. The van der Waals surface area contributed by atoms with Crippen LogP contribution in [0.2, 0.25) is 0 Å². The van der Waals surface area contributed by atoms with Gasteiger partial charge in [-0.2, -0.15) is 0 Å². The zero-order chi connectivity index (χ0) is 9.57. The van der Waals surface area contributed by atoms with Gasteiger partial charge in [0.05, 0.1) is 0 Å². The molecule has 1 atom stereocenters. The standard InChI is InChI=1S/C10H23NS/c1-10(2)7-9(8-11(10)3)12(4,5)6/h9H,7-8H2,1-6H3. The highest BCUT2D eigenvalue weighted by Gasteiger charge is 2.39. The van der Waals surface area contributed by atoms with E-state index < -0.39 is 0 Å². The van der Waals surface area contributed by atoms with E-state index in [-0.39, 0.29) is 10.0 Å². The molecule has 1 rings (SSSR count). The summed E-state index contributed by atoms with van der Waals surface area (Å²) in [6, 6.07) is 0. The molecule has 0 spiro atoms. The van der Waals surface area contributed by atoms with E-state index in [1.807, 2.05) is 0 Å². The highest BCUT2D eigenvalue weighted by atomic mass is 32.3. The molecule has 1 nitrogen and oxygen atoms in total. The fourth-order valence-electron chi connectivity index (χ4n) is 1.80. The fraction of sp³-hybridized carbons (Fsp3) is 1.00. The van der Waals surface area contributed by atoms with Gasteiger partial charge in [-0.15, -0.1) is 0 Å². The smallest absolute Gasteiger partial charge is 0.0161 e. The Kier molecular flexibility index (Phi) is 2.52. The molecule has 1 aliphatic rings. The first-order chi connectivity index (χ1) is 5.23. The molecule has 1 fully saturated rings.